The molecule has 0 fully saturated rings. The zero-order valence-electron chi connectivity index (χ0n) is 17.0. The van der Waals surface area contributed by atoms with Gasteiger partial charge in [-0.25, -0.2) is 0 Å². The Kier molecular flexibility index (Phi) is 5.46. The number of thioether (sulfide) groups is 1. The number of carbonyl (C=O) groups is 2. The van der Waals surface area contributed by atoms with E-state index in [9.17, 15) is 9.59 Å². The zero-order valence-corrected chi connectivity index (χ0v) is 17.8. The summed E-state index contributed by atoms with van der Waals surface area (Å²) in [5.41, 5.74) is 2.42. The molecule has 0 aliphatic carbocycles. The maximum atomic E-state index is 12.7. The third-order valence-electron chi connectivity index (χ3n) is 5.59. The highest BCUT2D eigenvalue weighted by Gasteiger charge is 2.28. The molecule has 2 aromatic carbocycles. The van der Waals surface area contributed by atoms with Crippen molar-refractivity contribution in [1.82, 2.24) is 14.8 Å². The molecule has 2 aliphatic heterocycles. The number of aryl methyl sites for hydroxylation is 1. The molecule has 0 saturated heterocycles. The molecule has 3 aromatic rings. The summed E-state index contributed by atoms with van der Waals surface area (Å²) < 4.78 is 2.19. The standard InChI is InChI=1S/C23H23N5O2S/c29-21(14-19-23(30)25-17-9-3-4-10-18(17)31-19)24-16-8-6-7-15(13-16)22-27-26-20-11-2-1-5-12-28(20)22/h3-4,6-10,13,19H,1-2,5,11-12,14H2,(H,24,29)(H,25,30)/t19-/m0/s1. The fourth-order valence-corrected chi connectivity index (χ4v) is 5.15. The average Bonchev–Trinajstić information content (AvgIpc) is 3.02. The highest BCUT2D eigenvalue weighted by molar-refractivity contribution is 8.01. The van der Waals surface area contributed by atoms with E-state index >= 15 is 0 Å². The smallest absolute Gasteiger partial charge is 0.238 e. The van der Waals surface area contributed by atoms with Crippen LogP contribution in [0.25, 0.3) is 11.4 Å². The van der Waals surface area contributed by atoms with Gasteiger partial charge in [-0.3, -0.25) is 9.59 Å². The number of anilines is 2. The molecule has 0 spiro atoms. The van der Waals surface area contributed by atoms with E-state index in [1.54, 1.807) is 0 Å². The lowest BCUT2D eigenvalue weighted by molar-refractivity contribution is -0.120. The average molecular weight is 434 g/mol. The Morgan fingerprint density at radius 3 is 2.97 bits per heavy atom. The number of amides is 2. The quantitative estimate of drug-likeness (QED) is 0.646. The first kappa shape index (κ1) is 19.8. The predicted molar refractivity (Wildman–Crippen MR) is 121 cm³/mol. The van der Waals surface area contributed by atoms with Crippen molar-refractivity contribution >= 4 is 35.0 Å². The van der Waals surface area contributed by atoms with Crippen LogP contribution in [0.15, 0.2) is 53.4 Å². The van der Waals surface area contributed by atoms with E-state index in [0.717, 1.165) is 53.6 Å². The van der Waals surface area contributed by atoms with Crippen LogP contribution in [0.3, 0.4) is 0 Å². The van der Waals surface area contributed by atoms with Gasteiger partial charge < -0.3 is 15.2 Å². The molecule has 0 saturated carbocycles. The summed E-state index contributed by atoms with van der Waals surface area (Å²) in [4.78, 5) is 26.0. The van der Waals surface area contributed by atoms with Crippen LogP contribution >= 0.6 is 11.8 Å². The molecule has 1 aromatic heterocycles. The molecular formula is C23H23N5O2S. The Morgan fingerprint density at radius 1 is 1.13 bits per heavy atom. The van der Waals surface area contributed by atoms with Crippen LogP contribution in [0.4, 0.5) is 11.4 Å². The summed E-state index contributed by atoms with van der Waals surface area (Å²) in [5.74, 6) is 1.54. The number of benzene rings is 2. The van der Waals surface area contributed by atoms with Gasteiger partial charge in [-0.05, 0) is 37.1 Å². The molecule has 2 amide bonds. The molecule has 31 heavy (non-hydrogen) atoms. The van der Waals surface area contributed by atoms with E-state index < -0.39 is 5.25 Å². The first-order valence-electron chi connectivity index (χ1n) is 10.6. The van der Waals surface area contributed by atoms with Gasteiger partial charge in [-0.1, -0.05) is 30.7 Å². The van der Waals surface area contributed by atoms with Crippen molar-refractivity contribution in [3.05, 3.63) is 54.4 Å². The molecule has 7 nitrogen and oxygen atoms in total. The number of nitrogens with zero attached hydrogens (tertiary/aromatic N) is 3. The molecule has 0 unspecified atom stereocenters. The number of rotatable bonds is 4. The van der Waals surface area contributed by atoms with E-state index in [1.807, 2.05) is 48.5 Å². The molecular weight excluding hydrogens is 410 g/mol. The topological polar surface area (TPSA) is 88.9 Å². The Balaban J connectivity index is 1.29. The molecule has 158 valence electrons. The van der Waals surface area contributed by atoms with Crippen LogP contribution in [0, 0.1) is 0 Å². The lowest BCUT2D eigenvalue weighted by Crippen LogP contribution is -2.32. The van der Waals surface area contributed by atoms with Gasteiger partial charge >= 0.3 is 0 Å². The highest BCUT2D eigenvalue weighted by Crippen LogP contribution is 2.36. The van der Waals surface area contributed by atoms with E-state index in [0.29, 0.717) is 5.69 Å². The number of carbonyl (C=O) groups excluding carboxylic acids is 2. The minimum absolute atomic E-state index is 0.107. The van der Waals surface area contributed by atoms with Crippen molar-refractivity contribution in [3.8, 4) is 11.4 Å². The molecule has 3 heterocycles. The van der Waals surface area contributed by atoms with Crippen LogP contribution in [-0.2, 0) is 22.6 Å². The summed E-state index contributed by atoms with van der Waals surface area (Å²) in [5, 5.41) is 14.1. The van der Waals surface area contributed by atoms with Crippen LogP contribution in [0.1, 0.15) is 31.5 Å². The van der Waals surface area contributed by atoms with E-state index in [2.05, 4.69) is 25.4 Å². The van der Waals surface area contributed by atoms with E-state index in [1.165, 1.54) is 18.2 Å². The summed E-state index contributed by atoms with van der Waals surface area (Å²) in [6, 6.07) is 15.3. The molecule has 8 heteroatoms. The first-order chi connectivity index (χ1) is 15.2. The lowest BCUT2D eigenvalue weighted by atomic mass is 10.1. The number of hydrogen-bond donors (Lipinski definition) is 2. The lowest BCUT2D eigenvalue weighted by Gasteiger charge is -2.23. The van der Waals surface area contributed by atoms with Crippen LogP contribution in [-0.4, -0.2) is 31.8 Å². The minimum atomic E-state index is -0.453. The second-order valence-corrected chi connectivity index (χ2v) is 9.07. The first-order valence-corrected chi connectivity index (χ1v) is 11.4. The SMILES string of the molecule is O=C(C[C@@H]1Sc2ccccc2NC1=O)Nc1cccc(-c2nnc3n2CCCCC3)c1. The van der Waals surface area contributed by atoms with E-state index in [4.69, 9.17) is 0 Å². The third kappa shape index (κ3) is 4.20. The van der Waals surface area contributed by atoms with Crippen molar-refractivity contribution in [3.63, 3.8) is 0 Å². The fraction of sp³-hybridized carbons (Fsp3) is 0.304. The summed E-state index contributed by atoms with van der Waals surface area (Å²) in [6.45, 7) is 0.920. The molecule has 2 aliphatic rings. The van der Waals surface area contributed by atoms with Crippen LogP contribution < -0.4 is 10.6 Å². The number of fused-ring (bicyclic) bond motifs is 2. The highest BCUT2D eigenvalue weighted by atomic mass is 32.2. The second-order valence-electron chi connectivity index (χ2n) is 7.83. The van der Waals surface area contributed by atoms with Gasteiger partial charge in [0, 0.05) is 35.5 Å². The van der Waals surface area contributed by atoms with Gasteiger partial charge in [0.2, 0.25) is 11.8 Å². The second kappa shape index (κ2) is 8.55. The van der Waals surface area contributed by atoms with Gasteiger partial charge in [-0.15, -0.1) is 22.0 Å². The van der Waals surface area contributed by atoms with Gasteiger partial charge in [0.05, 0.1) is 10.9 Å². The van der Waals surface area contributed by atoms with Gasteiger partial charge in [0.15, 0.2) is 5.82 Å². The Morgan fingerprint density at radius 2 is 2.03 bits per heavy atom. The Hall–Kier alpha value is -3.13. The van der Waals surface area contributed by atoms with E-state index in [-0.39, 0.29) is 18.2 Å². The normalized spacial score (nSPS) is 17.8. The van der Waals surface area contributed by atoms with Crippen molar-refractivity contribution in [2.24, 2.45) is 0 Å². The molecule has 2 N–H and O–H groups in total. The molecule has 0 radical (unpaired) electrons. The third-order valence-corrected chi connectivity index (χ3v) is 6.87. The molecule has 5 rings (SSSR count). The van der Waals surface area contributed by atoms with Crippen LogP contribution in [0.2, 0.25) is 0 Å². The molecule has 1 atom stereocenters. The minimum Gasteiger partial charge on any atom is -0.326 e. The number of nitrogens with one attached hydrogen (secondary N) is 2. The van der Waals surface area contributed by atoms with Crippen molar-refractivity contribution in [2.75, 3.05) is 10.6 Å². The number of hydrogen-bond acceptors (Lipinski definition) is 5. The Bertz CT molecular complexity index is 1140. The van der Waals surface area contributed by atoms with Crippen molar-refractivity contribution < 1.29 is 9.59 Å². The summed E-state index contributed by atoms with van der Waals surface area (Å²) in [6.07, 6.45) is 4.53. The maximum absolute atomic E-state index is 12.7. The maximum Gasteiger partial charge on any atom is 0.238 e. The summed E-state index contributed by atoms with van der Waals surface area (Å²) >= 11 is 1.43. The fourth-order valence-electron chi connectivity index (χ4n) is 4.04. The van der Waals surface area contributed by atoms with Crippen molar-refractivity contribution in [2.45, 2.75) is 48.8 Å². The van der Waals surface area contributed by atoms with Gasteiger partial charge in [-0.2, -0.15) is 0 Å². The van der Waals surface area contributed by atoms with Gasteiger partial charge in [0.25, 0.3) is 0 Å². The molecule has 0 bridgehead atoms. The monoisotopic (exact) mass is 433 g/mol. The Labute approximate surface area is 184 Å². The number of para-hydroxylation sites is 1. The largest absolute Gasteiger partial charge is 0.326 e. The summed E-state index contributed by atoms with van der Waals surface area (Å²) in [7, 11) is 0. The predicted octanol–water partition coefficient (Wildman–Crippen LogP) is 4.11. The van der Waals surface area contributed by atoms with Crippen LogP contribution in [0.5, 0.6) is 0 Å². The van der Waals surface area contributed by atoms with Crippen molar-refractivity contribution in [1.29, 1.82) is 0 Å². The number of aromatic nitrogens is 3. The zero-order chi connectivity index (χ0) is 21.2. The van der Waals surface area contributed by atoms with Gasteiger partial charge in [0.1, 0.15) is 5.82 Å².